The second-order valence-electron chi connectivity index (χ2n) is 3.56. The van der Waals surface area contributed by atoms with Gasteiger partial charge in [-0.25, -0.2) is 0 Å². The summed E-state index contributed by atoms with van der Waals surface area (Å²) in [5.74, 6) is 0.748. The number of hydrogen-bond acceptors (Lipinski definition) is 3. The molecule has 0 aliphatic carbocycles. The highest BCUT2D eigenvalue weighted by Gasteiger charge is 2.12. The van der Waals surface area contributed by atoms with E-state index in [0.29, 0.717) is 6.54 Å². The van der Waals surface area contributed by atoms with E-state index in [1.165, 1.54) is 0 Å². The summed E-state index contributed by atoms with van der Waals surface area (Å²) in [7, 11) is 0. The van der Waals surface area contributed by atoms with Gasteiger partial charge in [0.25, 0.3) is 0 Å². The van der Waals surface area contributed by atoms with E-state index in [-0.39, 0.29) is 6.10 Å². The van der Waals surface area contributed by atoms with Crippen LogP contribution < -0.4 is 5.32 Å². The van der Waals surface area contributed by atoms with E-state index in [2.05, 4.69) is 5.32 Å². The summed E-state index contributed by atoms with van der Waals surface area (Å²) in [6.45, 7) is 5.34. The highest BCUT2D eigenvalue weighted by atomic mass is 16.5. The summed E-state index contributed by atoms with van der Waals surface area (Å²) < 4.78 is 5.25. The zero-order valence-electron chi connectivity index (χ0n) is 7.75. The quantitative estimate of drug-likeness (QED) is 0.646. The molecule has 0 aromatic heterocycles. The molecule has 0 spiro atoms. The Hall–Kier alpha value is -0.120. The maximum atomic E-state index is 8.99. The van der Waals surface area contributed by atoms with Gasteiger partial charge < -0.3 is 15.2 Å². The van der Waals surface area contributed by atoms with Crippen molar-refractivity contribution >= 4 is 0 Å². The zero-order valence-corrected chi connectivity index (χ0v) is 7.75. The minimum atomic E-state index is -0.232. The molecule has 1 fully saturated rings. The van der Waals surface area contributed by atoms with Crippen molar-refractivity contribution in [3.8, 4) is 0 Å². The van der Waals surface area contributed by atoms with Crippen LogP contribution in [0.5, 0.6) is 0 Å². The zero-order chi connectivity index (χ0) is 8.81. The van der Waals surface area contributed by atoms with E-state index < -0.39 is 0 Å². The number of aliphatic hydroxyl groups is 1. The molecule has 1 unspecified atom stereocenters. The van der Waals surface area contributed by atoms with Crippen LogP contribution in [0.25, 0.3) is 0 Å². The Bertz CT molecular complexity index is 111. The predicted octanol–water partition coefficient (Wildman–Crippen LogP) is 0.383. The van der Waals surface area contributed by atoms with Crippen LogP contribution >= 0.6 is 0 Å². The molecule has 3 nitrogen and oxygen atoms in total. The number of aliphatic hydroxyl groups excluding tert-OH is 1. The van der Waals surface area contributed by atoms with Gasteiger partial charge in [0.1, 0.15) is 0 Å². The van der Waals surface area contributed by atoms with Gasteiger partial charge in [0, 0.05) is 19.8 Å². The van der Waals surface area contributed by atoms with Gasteiger partial charge in [-0.3, -0.25) is 0 Å². The third kappa shape index (κ3) is 4.04. The molecular formula is C9H19NO2. The summed E-state index contributed by atoms with van der Waals surface area (Å²) in [6.07, 6.45) is 2.09. The van der Waals surface area contributed by atoms with E-state index >= 15 is 0 Å². The van der Waals surface area contributed by atoms with Gasteiger partial charge in [-0.15, -0.1) is 0 Å². The SMILES string of the molecule is CC(O)CNCC1CCOCC1. The van der Waals surface area contributed by atoms with E-state index in [1.807, 2.05) is 0 Å². The Morgan fingerprint density at radius 3 is 2.75 bits per heavy atom. The molecule has 1 heterocycles. The Morgan fingerprint density at radius 1 is 1.50 bits per heavy atom. The molecule has 12 heavy (non-hydrogen) atoms. The highest BCUT2D eigenvalue weighted by Crippen LogP contribution is 2.12. The third-order valence-electron chi connectivity index (χ3n) is 2.21. The fraction of sp³-hybridized carbons (Fsp3) is 1.00. The number of nitrogens with one attached hydrogen (secondary N) is 1. The van der Waals surface area contributed by atoms with Crippen LogP contribution in [0, 0.1) is 5.92 Å². The van der Waals surface area contributed by atoms with Gasteiger partial charge in [0.2, 0.25) is 0 Å². The van der Waals surface area contributed by atoms with Gasteiger partial charge in [0.05, 0.1) is 6.10 Å². The van der Waals surface area contributed by atoms with Crippen LogP contribution in [-0.4, -0.2) is 37.5 Å². The molecule has 1 aliphatic rings. The average Bonchev–Trinajstić information content (AvgIpc) is 2.05. The van der Waals surface area contributed by atoms with Crippen molar-refractivity contribution in [1.29, 1.82) is 0 Å². The van der Waals surface area contributed by atoms with Crippen molar-refractivity contribution in [3.05, 3.63) is 0 Å². The van der Waals surface area contributed by atoms with E-state index in [4.69, 9.17) is 9.84 Å². The predicted molar refractivity (Wildman–Crippen MR) is 48.1 cm³/mol. The van der Waals surface area contributed by atoms with Crippen LogP contribution in [0.4, 0.5) is 0 Å². The second kappa shape index (κ2) is 5.51. The molecule has 0 bridgehead atoms. The largest absolute Gasteiger partial charge is 0.392 e. The lowest BCUT2D eigenvalue weighted by molar-refractivity contribution is 0.0652. The second-order valence-corrected chi connectivity index (χ2v) is 3.56. The molecule has 1 rings (SSSR count). The normalized spacial score (nSPS) is 22.5. The summed E-state index contributed by atoms with van der Waals surface area (Å²) >= 11 is 0. The Kier molecular flexibility index (Phi) is 4.58. The van der Waals surface area contributed by atoms with E-state index in [0.717, 1.165) is 38.5 Å². The Labute approximate surface area is 74.1 Å². The fourth-order valence-corrected chi connectivity index (χ4v) is 1.45. The molecular weight excluding hydrogens is 154 g/mol. The summed E-state index contributed by atoms with van der Waals surface area (Å²) in [6, 6.07) is 0. The molecule has 0 radical (unpaired) electrons. The molecule has 2 N–H and O–H groups in total. The first-order valence-corrected chi connectivity index (χ1v) is 4.75. The van der Waals surface area contributed by atoms with Crippen LogP contribution in [-0.2, 0) is 4.74 Å². The van der Waals surface area contributed by atoms with Gasteiger partial charge in [0.15, 0.2) is 0 Å². The number of rotatable bonds is 4. The minimum Gasteiger partial charge on any atom is -0.392 e. The van der Waals surface area contributed by atoms with Crippen molar-refractivity contribution in [3.63, 3.8) is 0 Å². The fourth-order valence-electron chi connectivity index (χ4n) is 1.45. The van der Waals surface area contributed by atoms with Crippen LogP contribution in [0.2, 0.25) is 0 Å². The lowest BCUT2D eigenvalue weighted by atomic mass is 10.0. The Morgan fingerprint density at radius 2 is 2.17 bits per heavy atom. The van der Waals surface area contributed by atoms with Gasteiger partial charge in [-0.1, -0.05) is 0 Å². The molecule has 1 atom stereocenters. The van der Waals surface area contributed by atoms with Gasteiger partial charge >= 0.3 is 0 Å². The van der Waals surface area contributed by atoms with Crippen LogP contribution in [0.3, 0.4) is 0 Å². The standard InChI is InChI=1S/C9H19NO2/c1-8(11)6-10-7-9-2-4-12-5-3-9/h8-11H,2-7H2,1H3. The van der Waals surface area contributed by atoms with Crippen LogP contribution in [0.1, 0.15) is 19.8 Å². The van der Waals surface area contributed by atoms with Crippen molar-refractivity contribution in [1.82, 2.24) is 5.32 Å². The molecule has 0 aromatic rings. The smallest absolute Gasteiger partial charge is 0.0636 e. The minimum absolute atomic E-state index is 0.232. The van der Waals surface area contributed by atoms with Crippen molar-refractivity contribution in [2.75, 3.05) is 26.3 Å². The molecule has 1 aliphatic heterocycles. The van der Waals surface area contributed by atoms with E-state index in [1.54, 1.807) is 6.92 Å². The lowest BCUT2D eigenvalue weighted by Gasteiger charge is -2.22. The van der Waals surface area contributed by atoms with Gasteiger partial charge in [-0.05, 0) is 32.2 Å². The average molecular weight is 173 g/mol. The van der Waals surface area contributed by atoms with Crippen molar-refractivity contribution in [2.24, 2.45) is 5.92 Å². The van der Waals surface area contributed by atoms with Crippen molar-refractivity contribution < 1.29 is 9.84 Å². The molecule has 0 saturated carbocycles. The number of hydrogen-bond donors (Lipinski definition) is 2. The summed E-state index contributed by atoms with van der Waals surface area (Å²) in [5.41, 5.74) is 0. The maximum absolute atomic E-state index is 8.99. The Balaban J connectivity index is 1.98. The first-order valence-electron chi connectivity index (χ1n) is 4.75. The number of ether oxygens (including phenoxy) is 1. The molecule has 72 valence electrons. The molecule has 1 saturated heterocycles. The first kappa shape index (κ1) is 9.96. The molecule has 0 aromatic carbocycles. The topological polar surface area (TPSA) is 41.5 Å². The lowest BCUT2D eigenvalue weighted by Crippen LogP contribution is -2.32. The maximum Gasteiger partial charge on any atom is 0.0636 e. The molecule has 3 heteroatoms. The van der Waals surface area contributed by atoms with E-state index in [9.17, 15) is 0 Å². The molecule has 0 amide bonds. The van der Waals surface area contributed by atoms with Crippen LogP contribution in [0.15, 0.2) is 0 Å². The summed E-state index contributed by atoms with van der Waals surface area (Å²) in [4.78, 5) is 0. The van der Waals surface area contributed by atoms with Crippen molar-refractivity contribution in [2.45, 2.75) is 25.9 Å². The monoisotopic (exact) mass is 173 g/mol. The van der Waals surface area contributed by atoms with Gasteiger partial charge in [-0.2, -0.15) is 0 Å². The third-order valence-corrected chi connectivity index (χ3v) is 2.21. The first-order chi connectivity index (χ1) is 5.79. The highest BCUT2D eigenvalue weighted by molar-refractivity contribution is 4.66. The summed E-state index contributed by atoms with van der Waals surface area (Å²) in [5, 5.41) is 12.2.